The van der Waals surface area contributed by atoms with Crippen LogP contribution in [0, 0.1) is 0 Å². The largest absolute Gasteiger partial charge is 0.493 e. The van der Waals surface area contributed by atoms with Crippen LogP contribution in [0.4, 0.5) is 5.69 Å². The van der Waals surface area contributed by atoms with Gasteiger partial charge in [-0.15, -0.1) is 0 Å². The molecule has 32 heavy (non-hydrogen) atoms. The van der Waals surface area contributed by atoms with E-state index in [0.717, 1.165) is 37.0 Å². The Bertz CT molecular complexity index is 1120. The number of carbonyl (C=O) groups excluding carboxylic acids is 2. The summed E-state index contributed by atoms with van der Waals surface area (Å²) in [7, 11) is 3.11. The van der Waals surface area contributed by atoms with Gasteiger partial charge in [0, 0.05) is 24.8 Å². The highest BCUT2D eigenvalue weighted by Gasteiger charge is 2.21. The van der Waals surface area contributed by atoms with Crippen LogP contribution in [0.1, 0.15) is 12.8 Å². The number of hydrogen-bond donors (Lipinski definition) is 1. The third-order valence-corrected chi connectivity index (χ3v) is 6.35. The van der Waals surface area contributed by atoms with Gasteiger partial charge in [0.15, 0.2) is 16.7 Å². The fraction of sp³-hybridized carbons (Fsp3) is 0.348. The highest BCUT2D eigenvalue weighted by atomic mass is 32.2. The summed E-state index contributed by atoms with van der Waals surface area (Å²) in [6.45, 7) is 1.84. The summed E-state index contributed by atoms with van der Waals surface area (Å²) in [4.78, 5) is 31.9. The number of likely N-dealkylation sites (tertiary alicyclic amines) is 1. The normalized spacial score (nSPS) is 13.4. The average molecular weight is 455 g/mol. The number of para-hydroxylation sites is 2. The van der Waals surface area contributed by atoms with Crippen LogP contribution in [0.5, 0.6) is 11.5 Å². The lowest BCUT2D eigenvalue weighted by atomic mass is 10.2. The van der Waals surface area contributed by atoms with Crippen molar-refractivity contribution in [2.45, 2.75) is 24.5 Å². The number of imidazole rings is 1. The van der Waals surface area contributed by atoms with E-state index < -0.39 is 0 Å². The van der Waals surface area contributed by atoms with E-state index in [0.29, 0.717) is 22.3 Å². The monoisotopic (exact) mass is 454 g/mol. The number of benzene rings is 2. The lowest BCUT2D eigenvalue weighted by molar-refractivity contribution is -0.130. The number of ether oxygens (including phenoxy) is 2. The molecule has 0 atom stereocenters. The van der Waals surface area contributed by atoms with Gasteiger partial charge < -0.3 is 24.3 Å². The molecule has 1 aromatic heterocycles. The van der Waals surface area contributed by atoms with Crippen molar-refractivity contribution in [3.05, 3.63) is 42.5 Å². The molecule has 168 valence electrons. The Morgan fingerprint density at radius 1 is 1.06 bits per heavy atom. The van der Waals surface area contributed by atoms with E-state index in [4.69, 9.17) is 9.47 Å². The maximum Gasteiger partial charge on any atom is 0.242 e. The smallest absolute Gasteiger partial charge is 0.242 e. The Hall–Kier alpha value is -3.20. The Kier molecular flexibility index (Phi) is 6.84. The van der Waals surface area contributed by atoms with Gasteiger partial charge in [0.05, 0.1) is 31.0 Å². The van der Waals surface area contributed by atoms with Gasteiger partial charge in [-0.05, 0) is 37.1 Å². The molecule has 1 fully saturated rings. The van der Waals surface area contributed by atoms with Crippen molar-refractivity contribution < 1.29 is 19.1 Å². The molecule has 1 saturated heterocycles. The zero-order chi connectivity index (χ0) is 22.5. The predicted octanol–water partition coefficient (Wildman–Crippen LogP) is 3.41. The van der Waals surface area contributed by atoms with Crippen LogP contribution < -0.4 is 14.8 Å². The standard InChI is InChI=1S/C23H26N4O4S/c1-30-19-10-9-16(13-20(19)31-2)24-21(28)15-32-23-25-17-7-3-4-8-18(17)27(23)14-22(29)26-11-5-6-12-26/h3-4,7-10,13H,5-6,11-12,14-15H2,1-2H3,(H,24,28). The van der Waals surface area contributed by atoms with Crippen LogP contribution >= 0.6 is 11.8 Å². The molecule has 2 amide bonds. The second-order valence-corrected chi connectivity index (χ2v) is 8.41. The summed E-state index contributed by atoms with van der Waals surface area (Å²) in [6, 6.07) is 12.9. The second kappa shape index (κ2) is 9.95. The van der Waals surface area contributed by atoms with Gasteiger partial charge in [-0.25, -0.2) is 4.98 Å². The highest BCUT2D eigenvalue weighted by molar-refractivity contribution is 7.99. The van der Waals surface area contributed by atoms with Crippen LogP contribution in [0.15, 0.2) is 47.6 Å². The average Bonchev–Trinajstić information content (AvgIpc) is 3.46. The molecule has 0 saturated carbocycles. The SMILES string of the molecule is COc1ccc(NC(=O)CSc2nc3ccccc3n2CC(=O)N2CCCC2)cc1OC. The molecule has 1 N–H and O–H groups in total. The van der Waals surface area contributed by atoms with Gasteiger partial charge in [0.2, 0.25) is 11.8 Å². The van der Waals surface area contributed by atoms with Crippen molar-refractivity contribution >= 4 is 40.3 Å². The summed E-state index contributed by atoms with van der Waals surface area (Å²) < 4.78 is 12.4. The molecule has 2 heterocycles. The predicted molar refractivity (Wildman–Crippen MR) is 124 cm³/mol. The van der Waals surface area contributed by atoms with Gasteiger partial charge in [-0.1, -0.05) is 23.9 Å². The third kappa shape index (κ3) is 4.83. The lowest BCUT2D eigenvalue weighted by Gasteiger charge is -2.17. The first-order valence-electron chi connectivity index (χ1n) is 10.5. The molecule has 0 radical (unpaired) electrons. The van der Waals surface area contributed by atoms with Crippen molar-refractivity contribution in [1.29, 1.82) is 0 Å². The first-order valence-corrected chi connectivity index (χ1v) is 11.5. The molecule has 0 spiro atoms. The minimum absolute atomic E-state index is 0.0854. The van der Waals surface area contributed by atoms with Crippen LogP contribution in [-0.2, 0) is 16.1 Å². The number of carbonyl (C=O) groups is 2. The Balaban J connectivity index is 1.46. The molecule has 0 aliphatic carbocycles. The lowest BCUT2D eigenvalue weighted by Crippen LogP contribution is -2.31. The van der Waals surface area contributed by atoms with Gasteiger partial charge in [0.1, 0.15) is 6.54 Å². The summed E-state index contributed by atoms with van der Waals surface area (Å²) in [6.07, 6.45) is 2.10. The number of aromatic nitrogens is 2. The fourth-order valence-corrected chi connectivity index (χ4v) is 4.57. The van der Waals surface area contributed by atoms with Crippen LogP contribution in [0.2, 0.25) is 0 Å². The minimum atomic E-state index is -0.174. The van der Waals surface area contributed by atoms with Crippen molar-refractivity contribution in [3.63, 3.8) is 0 Å². The number of nitrogens with zero attached hydrogens (tertiary/aromatic N) is 3. The molecular weight excluding hydrogens is 428 g/mol. The van der Waals surface area contributed by atoms with Gasteiger partial charge in [-0.3, -0.25) is 9.59 Å². The summed E-state index contributed by atoms with van der Waals surface area (Å²) in [5.74, 6) is 1.21. The Labute approximate surface area is 190 Å². The molecule has 4 rings (SSSR count). The van der Waals surface area contributed by atoms with Crippen LogP contribution in [0.25, 0.3) is 11.0 Å². The molecule has 9 heteroatoms. The number of nitrogens with one attached hydrogen (secondary N) is 1. The number of thioether (sulfide) groups is 1. The number of amides is 2. The molecule has 3 aromatic rings. The number of anilines is 1. The number of rotatable bonds is 8. The van der Waals surface area contributed by atoms with Crippen LogP contribution in [0.3, 0.4) is 0 Å². The maximum absolute atomic E-state index is 12.8. The molecule has 1 aliphatic heterocycles. The van der Waals surface area contributed by atoms with Crippen molar-refractivity contribution in [3.8, 4) is 11.5 Å². The maximum atomic E-state index is 12.8. The summed E-state index contributed by atoms with van der Waals surface area (Å²) in [5.41, 5.74) is 2.32. The Morgan fingerprint density at radius 2 is 1.81 bits per heavy atom. The Morgan fingerprint density at radius 3 is 2.56 bits per heavy atom. The number of fused-ring (bicyclic) bond motifs is 1. The van der Waals surface area contributed by atoms with Crippen molar-refractivity contribution in [1.82, 2.24) is 14.5 Å². The van der Waals surface area contributed by atoms with Gasteiger partial charge in [-0.2, -0.15) is 0 Å². The first-order chi connectivity index (χ1) is 15.6. The molecule has 0 bridgehead atoms. The minimum Gasteiger partial charge on any atom is -0.493 e. The quantitative estimate of drug-likeness (QED) is 0.525. The number of hydrogen-bond acceptors (Lipinski definition) is 6. The van der Waals surface area contributed by atoms with E-state index in [1.807, 2.05) is 33.7 Å². The van der Waals surface area contributed by atoms with E-state index in [-0.39, 0.29) is 24.1 Å². The van der Waals surface area contributed by atoms with Crippen molar-refractivity contribution in [2.75, 3.05) is 38.4 Å². The molecular formula is C23H26N4O4S. The highest BCUT2D eigenvalue weighted by Crippen LogP contribution is 2.30. The van der Waals surface area contributed by atoms with E-state index >= 15 is 0 Å². The van der Waals surface area contributed by atoms with Gasteiger partial charge in [0.25, 0.3) is 0 Å². The summed E-state index contributed by atoms with van der Waals surface area (Å²) >= 11 is 1.32. The van der Waals surface area contributed by atoms with E-state index in [2.05, 4.69) is 10.3 Å². The molecule has 1 aliphatic rings. The molecule has 0 unspecified atom stereocenters. The van der Waals surface area contributed by atoms with Gasteiger partial charge >= 0.3 is 0 Å². The second-order valence-electron chi connectivity index (χ2n) is 7.46. The summed E-state index contributed by atoms with van der Waals surface area (Å²) in [5, 5.41) is 3.52. The van der Waals surface area contributed by atoms with Crippen LogP contribution in [-0.4, -0.2) is 59.3 Å². The van der Waals surface area contributed by atoms with E-state index in [1.165, 1.54) is 11.8 Å². The number of methoxy groups -OCH3 is 2. The van der Waals surface area contributed by atoms with E-state index in [1.54, 1.807) is 32.4 Å². The topological polar surface area (TPSA) is 85.7 Å². The molecule has 8 nitrogen and oxygen atoms in total. The first kappa shape index (κ1) is 22.0. The zero-order valence-corrected chi connectivity index (χ0v) is 19.0. The zero-order valence-electron chi connectivity index (χ0n) is 18.2. The fourth-order valence-electron chi connectivity index (χ4n) is 3.76. The van der Waals surface area contributed by atoms with Crippen molar-refractivity contribution in [2.24, 2.45) is 0 Å². The van der Waals surface area contributed by atoms with E-state index in [9.17, 15) is 9.59 Å². The third-order valence-electron chi connectivity index (χ3n) is 5.37. The molecule has 2 aromatic carbocycles.